The van der Waals surface area contributed by atoms with Crippen LogP contribution in [0.5, 0.6) is 0 Å². The Bertz CT molecular complexity index is 1360. The Balaban J connectivity index is 1.59. The van der Waals surface area contributed by atoms with Crippen LogP contribution in [0.1, 0.15) is 24.8 Å². The number of carbonyl (C=O) groups is 3. The molecule has 9 heteroatoms. The van der Waals surface area contributed by atoms with Gasteiger partial charge in [-0.2, -0.15) is 0 Å². The van der Waals surface area contributed by atoms with Gasteiger partial charge in [-0.25, -0.2) is 14.6 Å². The predicted molar refractivity (Wildman–Crippen MR) is 137 cm³/mol. The van der Waals surface area contributed by atoms with E-state index in [1.165, 1.54) is 12.1 Å². The number of fused-ring (bicyclic) bond motifs is 4. The zero-order valence-electron chi connectivity index (χ0n) is 19.9. The lowest BCUT2D eigenvalue weighted by Crippen LogP contribution is -2.73. The molecular weight excluding hydrogens is 472 g/mol. The molecule has 3 aliphatic heterocycles. The van der Waals surface area contributed by atoms with Gasteiger partial charge in [0.15, 0.2) is 5.41 Å². The molecule has 3 aromatic carbocycles. The SMILES string of the molecule is O=C1N(c2ccccc2)C(=O)C2(Cc3cc([N+](=O)[O-])ccc3N3CCCC[C@H]32)C(=O)N1c1ccccc1. The minimum Gasteiger partial charge on any atom is -0.367 e. The summed E-state index contributed by atoms with van der Waals surface area (Å²) in [6, 6.07) is 20.6. The van der Waals surface area contributed by atoms with Crippen molar-refractivity contribution in [2.75, 3.05) is 21.2 Å². The molecule has 186 valence electrons. The number of nitro groups is 1. The number of barbiturate groups is 1. The lowest BCUT2D eigenvalue weighted by molar-refractivity contribution is -0.384. The number of nitrogens with zero attached hydrogens (tertiary/aromatic N) is 4. The van der Waals surface area contributed by atoms with Gasteiger partial charge in [-0.1, -0.05) is 36.4 Å². The average molecular weight is 497 g/mol. The Labute approximate surface area is 213 Å². The first-order valence-electron chi connectivity index (χ1n) is 12.3. The molecule has 0 aliphatic carbocycles. The predicted octanol–water partition coefficient (Wildman–Crippen LogP) is 4.70. The second-order valence-electron chi connectivity index (χ2n) is 9.66. The van der Waals surface area contributed by atoms with Gasteiger partial charge < -0.3 is 4.90 Å². The maximum atomic E-state index is 14.5. The highest BCUT2D eigenvalue weighted by Crippen LogP contribution is 2.50. The Kier molecular flexibility index (Phi) is 5.29. The van der Waals surface area contributed by atoms with Gasteiger partial charge >= 0.3 is 6.03 Å². The Morgan fingerprint density at radius 2 is 1.41 bits per heavy atom. The number of nitro benzene ring substituents is 1. The van der Waals surface area contributed by atoms with Crippen molar-refractivity contribution in [2.24, 2.45) is 5.41 Å². The second-order valence-corrected chi connectivity index (χ2v) is 9.66. The van der Waals surface area contributed by atoms with Gasteiger partial charge in [0.05, 0.1) is 22.3 Å². The molecular formula is C28H24N4O5. The molecule has 4 amide bonds. The van der Waals surface area contributed by atoms with Gasteiger partial charge in [-0.3, -0.25) is 19.7 Å². The molecule has 37 heavy (non-hydrogen) atoms. The van der Waals surface area contributed by atoms with Gasteiger partial charge in [0.2, 0.25) is 0 Å². The minimum atomic E-state index is -1.62. The largest absolute Gasteiger partial charge is 0.367 e. The lowest BCUT2D eigenvalue weighted by Gasteiger charge is -2.55. The van der Waals surface area contributed by atoms with Crippen LogP contribution in [0.15, 0.2) is 78.9 Å². The first-order chi connectivity index (χ1) is 17.9. The number of carbonyl (C=O) groups excluding carboxylic acids is 3. The van der Waals surface area contributed by atoms with E-state index in [0.717, 1.165) is 28.3 Å². The Hall–Kier alpha value is -4.53. The van der Waals surface area contributed by atoms with Crippen LogP contribution in [0, 0.1) is 15.5 Å². The molecule has 2 fully saturated rings. The van der Waals surface area contributed by atoms with Gasteiger partial charge in [0, 0.05) is 30.8 Å². The molecule has 0 bridgehead atoms. The quantitative estimate of drug-likeness (QED) is 0.296. The number of amides is 4. The minimum absolute atomic E-state index is 0.0250. The van der Waals surface area contributed by atoms with E-state index in [9.17, 15) is 24.5 Å². The van der Waals surface area contributed by atoms with Crippen LogP contribution in [-0.2, 0) is 16.0 Å². The van der Waals surface area contributed by atoms with Gasteiger partial charge in [0.25, 0.3) is 17.5 Å². The highest BCUT2D eigenvalue weighted by molar-refractivity contribution is 6.39. The second kappa shape index (κ2) is 8.55. The van der Waals surface area contributed by atoms with Crippen molar-refractivity contribution < 1.29 is 19.3 Å². The van der Waals surface area contributed by atoms with Crippen molar-refractivity contribution in [1.82, 2.24) is 0 Å². The van der Waals surface area contributed by atoms with E-state index in [0.29, 0.717) is 29.9 Å². The fraction of sp³-hybridized carbons (Fsp3) is 0.250. The molecule has 3 heterocycles. The summed E-state index contributed by atoms with van der Waals surface area (Å²) in [7, 11) is 0. The molecule has 0 radical (unpaired) electrons. The maximum Gasteiger partial charge on any atom is 0.342 e. The van der Waals surface area contributed by atoms with Crippen LogP contribution >= 0.6 is 0 Å². The number of urea groups is 1. The van der Waals surface area contributed by atoms with Gasteiger partial charge in [0.1, 0.15) is 0 Å². The van der Waals surface area contributed by atoms with Crippen molar-refractivity contribution in [1.29, 1.82) is 0 Å². The molecule has 2 saturated heterocycles. The number of non-ortho nitro benzene ring substituents is 1. The maximum absolute atomic E-state index is 14.5. The third-order valence-electron chi connectivity index (χ3n) is 7.71. The lowest BCUT2D eigenvalue weighted by atomic mass is 9.65. The highest BCUT2D eigenvalue weighted by Gasteiger charge is 2.65. The van der Waals surface area contributed by atoms with E-state index in [2.05, 4.69) is 0 Å². The van der Waals surface area contributed by atoms with Crippen molar-refractivity contribution in [2.45, 2.75) is 31.7 Å². The molecule has 0 aromatic heterocycles. The molecule has 6 rings (SSSR count). The van der Waals surface area contributed by atoms with Crippen LogP contribution in [0.2, 0.25) is 0 Å². The summed E-state index contributed by atoms with van der Waals surface area (Å²) in [5, 5.41) is 11.6. The van der Waals surface area contributed by atoms with Crippen LogP contribution in [-0.4, -0.2) is 35.4 Å². The molecule has 9 nitrogen and oxygen atoms in total. The van der Waals surface area contributed by atoms with E-state index in [1.807, 2.05) is 4.90 Å². The van der Waals surface area contributed by atoms with E-state index >= 15 is 0 Å². The summed E-state index contributed by atoms with van der Waals surface area (Å²) in [6.07, 6.45) is 2.27. The topological polar surface area (TPSA) is 104 Å². The smallest absolute Gasteiger partial charge is 0.342 e. The highest BCUT2D eigenvalue weighted by atomic mass is 16.6. The standard InChI is InChI=1S/C28H24N4O5/c33-25-28(18-19-17-22(32(36)37)14-15-23(19)29-16-8-7-13-24(28)29)26(34)31(21-11-5-2-6-12-21)27(35)30(25)20-9-3-1-4-10-20/h1-6,9-12,14-15,17,24H,7-8,13,16,18H2/t24-/m0/s1. The Morgan fingerprint density at radius 1 is 0.811 bits per heavy atom. The number of rotatable bonds is 3. The summed E-state index contributed by atoms with van der Waals surface area (Å²) in [5.74, 6) is -1.18. The summed E-state index contributed by atoms with van der Waals surface area (Å²) in [4.78, 5) is 58.1. The number of piperidine rings is 1. The summed E-state index contributed by atoms with van der Waals surface area (Å²) in [6.45, 7) is 0.614. The summed E-state index contributed by atoms with van der Waals surface area (Å²) < 4.78 is 0. The fourth-order valence-corrected chi connectivity index (χ4v) is 6.07. The van der Waals surface area contributed by atoms with E-state index < -0.39 is 34.2 Å². The number of imide groups is 2. The molecule has 3 aliphatic rings. The normalized spacial score (nSPS) is 20.6. The monoisotopic (exact) mass is 496 g/mol. The number of para-hydroxylation sites is 2. The van der Waals surface area contributed by atoms with Crippen molar-refractivity contribution in [3.8, 4) is 0 Å². The molecule has 0 saturated carbocycles. The number of hydrogen-bond acceptors (Lipinski definition) is 6. The number of anilines is 3. The van der Waals surface area contributed by atoms with Crippen molar-refractivity contribution in [3.05, 3.63) is 94.5 Å². The average Bonchev–Trinajstić information content (AvgIpc) is 2.93. The fourth-order valence-electron chi connectivity index (χ4n) is 6.07. The Morgan fingerprint density at radius 3 is 1.97 bits per heavy atom. The zero-order chi connectivity index (χ0) is 25.7. The third-order valence-corrected chi connectivity index (χ3v) is 7.71. The summed E-state index contributed by atoms with van der Waals surface area (Å²) in [5.41, 5.74) is 0.383. The van der Waals surface area contributed by atoms with Crippen molar-refractivity contribution in [3.63, 3.8) is 0 Å². The first-order valence-corrected chi connectivity index (χ1v) is 12.3. The number of benzene rings is 3. The third kappa shape index (κ3) is 3.34. The first kappa shape index (κ1) is 22.9. The van der Waals surface area contributed by atoms with Crippen LogP contribution in [0.3, 0.4) is 0 Å². The number of hydrogen-bond donors (Lipinski definition) is 0. The van der Waals surface area contributed by atoms with E-state index in [1.54, 1.807) is 66.7 Å². The summed E-state index contributed by atoms with van der Waals surface area (Å²) >= 11 is 0. The van der Waals surface area contributed by atoms with E-state index in [-0.39, 0.29) is 12.1 Å². The molecule has 0 N–H and O–H groups in total. The van der Waals surface area contributed by atoms with Crippen LogP contribution < -0.4 is 14.7 Å². The van der Waals surface area contributed by atoms with Gasteiger partial charge in [-0.15, -0.1) is 0 Å². The van der Waals surface area contributed by atoms with Crippen LogP contribution in [0.4, 0.5) is 27.5 Å². The van der Waals surface area contributed by atoms with E-state index in [4.69, 9.17) is 0 Å². The molecule has 1 atom stereocenters. The van der Waals surface area contributed by atoms with Gasteiger partial charge in [-0.05, 0) is 55.2 Å². The zero-order valence-corrected chi connectivity index (χ0v) is 19.9. The molecule has 0 unspecified atom stereocenters. The molecule has 1 spiro atoms. The van der Waals surface area contributed by atoms with Crippen LogP contribution in [0.25, 0.3) is 0 Å². The molecule has 3 aromatic rings. The van der Waals surface area contributed by atoms with Crippen molar-refractivity contribution >= 4 is 40.6 Å².